The zero-order valence-corrected chi connectivity index (χ0v) is 12.5. The van der Waals surface area contributed by atoms with Gasteiger partial charge in [-0.2, -0.15) is 5.10 Å². The summed E-state index contributed by atoms with van der Waals surface area (Å²) >= 11 is 0. The predicted octanol–water partition coefficient (Wildman–Crippen LogP) is 2.92. The second kappa shape index (κ2) is 6.20. The number of ketones is 1. The molecule has 1 aliphatic carbocycles. The lowest BCUT2D eigenvalue weighted by molar-refractivity contribution is -0.120. The average Bonchev–Trinajstić information content (AvgIpc) is 2.94. The number of Topliss-reactive ketones (excluding diaryl/α,β-unsaturated/α-hetero) is 1. The average molecular weight is 283 g/mol. The largest absolute Gasteiger partial charge is 0.299 e. The molecule has 1 aromatic carbocycles. The van der Waals surface area contributed by atoms with Gasteiger partial charge in [-0.3, -0.25) is 4.79 Å². The van der Waals surface area contributed by atoms with Gasteiger partial charge in [0, 0.05) is 12.5 Å². The van der Waals surface area contributed by atoms with E-state index in [2.05, 4.69) is 35.2 Å². The van der Waals surface area contributed by atoms with E-state index in [1.165, 1.54) is 11.1 Å². The van der Waals surface area contributed by atoms with Gasteiger partial charge in [-0.05, 0) is 36.8 Å². The minimum Gasteiger partial charge on any atom is -0.299 e. The van der Waals surface area contributed by atoms with Gasteiger partial charge in [-0.25, -0.2) is 9.67 Å². The van der Waals surface area contributed by atoms with Gasteiger partial charge in [0.15, 0.2) is 0 Å². The Bertz CT molecular complexity index is 632. The first-order valence-electron chi connectivity index (χ1n) is 7.76. The van der Waals surface area contributed by atoms with E-state index in [4.69, 9.17) is 0 Å². The molecule has 2 aromatic rings. The summed E-state index contributed by atoms with van der Waals surface area (Å²) < 4.78 is 1.85. The number of benzene rings is 1. The van der Waals surface area contributed by atoms with Crippen LogP contribution < -0.4 is 0 Å². The molecule has 1 atom stereocenters. The Morgan fingerprint density at radius 2 is 2.24 bits per heavy atom. The van der Waals surface area contributed by atoms with Crippen LogP contribution in [0.15, 0.2) is 30.6 Å². The van der Waals surface area contributed by atoms with Crippen molar-refractivity contribution >= 4 is 5.78 Å². The lowest BCUT2D eigenvalue weighted by Gasteiger charge is -2.24. The van der Waals surface area contributed by atoms with Crippen LogP contribution in [0.1, 0.15) is 49.1 Å². The summed E-state index contributed by atoms with van der Waals surface area (Å²) in [4.78, 5) is 17.0. The first-order chi connectivity index (χ1) is 10.3. The van der Waals surface area contributed by atoms with Crippen LogP contribution in [0.2, 0.25) is 0 Å². The highest BCUT2D eigenvalue weighted by Crippen LogP contribution is 2.32. The van der Waals surface area contributed by atoms with Gasteiger partial charge in [-0.15, -0.1) is 0 Å². The fraction of sp³-hybridized carbons (Fsp3) is 0.471. The Labute approximate surface area is 125 Å². The molecular formula is C17H21N3O. The van der Waals surface area contributed by atoms with Crippen molar-refractivity contribution in [3.05, 3.63) is 47.5 Å². The predicted molar refractivity (Wildman–Crippen MR) is 81.1 cm³/mol. The molecule has 1 aromatic heterocycles. The number of hydrogen-bond donors (Lipinski definition) is 0. The number of carbonyl (C=O) groups is 1. The third-order valence-electron chi connectivity index (χ3n) is 4.22. The fourth-order valence-electron chi connectivity index (χ4n) is 3.19. The fourth-order valence-corrected chi connectivity index (χ4v) is 3.19. The Balaban J connectivity index is 1.79. The van der Waals surface area contributed by atoms with Crippen molar-refractivity contribution in [3.63, 3.8) is 0 Å². The molecule has 0 aliphatic heterocycles. The molecule has 0 radical (unpaired) electrons. The van der Waals surface area contributed by atoms with E-state index in [-0.39, 0.29) is 11.7 Å². The molecule has 0 saturated heterocycles. The van der Waals surface area contributed by atoms with Crippen molar-refractivity contribution in [1.82, 2.24) is 14.8 Å². The smallest absolute Gasteiger partial charge is 0.147 e. The third kappa shape index (κ3) is 2.89. The molecule has 0 spiro atoms. The van der Waals surface area contributed by atoms with E-state index in [0.29, 0.717) is 6.42 Å². The minimum absolute atomic E-state index is 0.0294. The molecule has 1 heterocycles. The molecular weight excluding hydrogens is 262 g/mol. The number of aryl methyl sites for hydroxylation is 2. The Hall–Kier alpha value is -1.97. The molecule has 4 heteroatoms. The summed E-state index contributed by atoms with van der Waals surface area (Å²) in [6.45, 7) is 2.93. The Morgan fingerprint density at radius 1 is 1.38 bits per heavy atom. The van der Waals surface area contributed by atoms with Crippen LogP contribution >= 0.6 is 0 Å². The van der Waals surface area contributed by atoms with Crippen LogP contribution in [0.25, 0.3) is 0 Å². The molecule has 0 saturated carbocycles. The maximum Gasteiger partial charge on any atom is 0.147 e. The molecule has 21 heavy (non-hydrogen) atoms. The van der Waals surface area contributed by atoms with Crippen LogP contribution in [0.3, 0.4) is 0 Å². The third-order valence-corrected chi connectivity index (χ3v) is 4.22. The highest BCUT2D eigenvalue weighted by molar-refractivity contribution is 5.87. The van der Waals surface area contributed by atoms with E-state index >= 15 is 0 Å². The maximum atomic E-state index is 12.7. The molecule has 0 bridgehead atoms. The summed E-state index contributed by atoms with van der Waals surface area (Å²) in [5.41, 5.74) is 2.55. The number of rotatable bonds is 5. The molecule has 0 amide bonds. The SMILES string of the molecule is CCCn1ncnc1CC(=O)C1CCCc2ccccc21. The van der Waals surface area contributed by atoms with E-state index in [0.717, 1.165) is 38.1 Å². The number of hydrogen-bond acceptors (Lipinski definition) is 3. The second-order valence-electron chi connectivity index (χ2n) is 5.69. The van der Waals surface area contributed by atoms with Crippen LogP contribution in [-0.4, -0.2) is 20.5 Å². The topological polar surface area (TPSA) is 47.8 Å². The number of nitrogens with zero attached hydrogens (tertiary/aromatic N) is 3. The van der Waals surface area contributed by atoms with E-state index < -0.39 is 0 Å². The number of aromatic nitrogens is 3. The van der Waals surface area contributed by atoms with Gasteiger partial charge >= 0.3 is 0 Å². The van der Waals surface area contributed by atoms with Gasteiger partial charge in [-0.1, -0.05) is 31.2 Å². The van der Waals surface area contributed by atoms with Crippen molar-refractivity contribution in [2.24, 2.45) is 0 Å². The maximum absolute atomic E-state index is 12.7. The zero-order valence-electron chi connectivity index (χ0n) is 12.5. The van der Waals surface area contributed by atoms with Crippen LogP contribution in [0.4, 0.5) is 0 Å². The Morgan fingerprint density at radius 3 is 3.10 bits per heavy atom. The quantitative estimate of drug-likeness (QED) is 0.847. The minimum atomic E-state index is 0.0294. The number of carbonyl (C=O) groups excluding carboxylic acids is 1. The van der Waals surface area contributed by atoms with Crippen LogP contribution in [-0.2, 0) is 24.2 Å². The van der Waals surface area contributed by atoms with E-state index in [1.54, 1.807) is 6.33 Å². The highest BCUT2D eigenvalue weighted by atomic mass is 16.1. The molecule has 1 unspecified atom stereocenters. The normalized spacial score (nSPS) is 17.5. The molecule has 0 N–H and O–H groups in total. The molecule has 4 nitrogen and oxygen atoms in total. The van der Waals surface area contributed by atoms with Gasteiger partial charge in [0.1, 0.15) is 17.9 Å². The molecule has 1 aliphatic rings. The lowest BCUT2D eigenvalue weighted by atomic mass is 9.80. The monoisotopic (exact) mass is 283 g/mol. The molecule has 3 rings (SSSR count). The van der Waals surface area contributed by atoms with Crippen molar-refractivity contribution in [3.8, 4) is 0 Å². The van der Waals surface area contributed by atoms with Crippen molar-refractivity contribution in [2.45, 2.75) is 51.5 Å². The number of fused-ring (bicyclic) bond motifs is 1. The van der Waals surface area contributed by atoms with Crippen molar-refractivity contribution < 1.29 is 4.79 Å². The second-order valence-corrected chi connectivity index (χ2v) is 5.69. The van der Waals surface area contributed by atoms with Gasteiger partial charge in [0.2, 0.25) is 0 Å². The first kappa shape index (κ1) is 14.0. The standard InChI is InChI=1S/C17H21N3O/c1-2-10-20-17(18-12-19-20)11-16(21)15-9-5-7-13-6-3-4-8-14(13)15/h3-4,6,8,12,15H,2,5,7,9-11H2,1H3. The van der Waals surface area contributed by atoms with Crippen LogP contribution in [0.5, 0.6) is 0 Å². The van der Waals surface area contributed by atoms with Gasteiger partial charge in [0.25, 0.3) is 0 Å². The summed E-state index contributed by atoms with van der Waals surface area (Å²) in [7, 11) is 0. The van der Waals surface area contributed by atoms with Gasteiger partial charge < -0.3 is 0 Å². The van der Waals surface area contributed by atoms with Crippen LogP contribution in [0, 0.1) is 0 Å². The van der Waals surface area contributed by atoms with Gasteiger partial charge in [0.05, 0.1) is 6.42 Å². The zero-order chi connectivity index (χ0) is 14.7. The molecule has 0 fully saturated rings. The summed E-state index contributed by atoms with van der Waals surface area (Å²) in [5, 5.41) is 4.20. The lowest BCUT2D eigenvalue weighted by Crippen LogP contribution is -2.22. The first-order valence-corrected chi connectivity index (χ1v) is 7.76. The van der Waals surface area contributed by atoms with Crippen molar-refractivity contribution in [2.75, 3.05) is 0 Å². The van der Waals surface area contributed by atoms with Crippen molar-refractivity contribution in [1.29, 1.82) is 0 Å². The van der Waals surface area contributed by atoms with E-state index in [9.17, 15) is 4.79 Å². The summed E-state index contributed by atoms with van der Waals surface area (Å²) in [5.74, 6) is 1.10. The summed E-state index contributed by atoms with van der Waals surface area (Å²) in [6, 6.07) is 8.34. The van der Waals surface area contributed by atoms with E-state index in [1.807, 2.05) is 10.7 Å². The highest BCUT2D eigenvalue weighted by Gasteiger charge is 2.26. The Kier molecular flexibility index (Phi) is 4.13. The molecule has 110 valence electrons. The summed E-state index contributed by atoms with van der Waals surface area (Å²) in [6.07, 6.45) is 6.07.